The average Bonchev–Trinajstić information content (AvgIpc) is 3.63. The van der Waals surface area contributed by atoms with Crippen molar-refractivity contribution in [3.63, 3.8) is 0 Å². The van der Waals surface area contributed by atoms with Crippen molar-refractivity contribution < 1.29 is 18.0 Å². The summed E-state index contributed by atoms with van der Waals surface area (Å²) in [6, 6.07) is 11.7. The van der Waals surface area contributed by atoms with Crippen LogP contribution in [0.5, 0.6) is 0 Å². The molecule has 4 rings (SSSR count). The minimum Gasteiger partial charge on any atom is -0.349 e. The number of sulfonamides is 1. The Morgan fingerprint density at radius 3 is 2.36 bits per heavy atom. The fraction of sp³-hybridized carbons (Fsp3) is 0.417. The van der Waals surface area contributed by atoms with Crippen molar-refractivity contribution >= 4 is 33.4 Å². The van der Waals surface area contributed by atoms with Gasteiger partial charge in [0.1, 0.15) is 0 Å². The molecule has 0 bridgehead atoms. The van der Waals surface area contributed by atoms with E-state index in [1.165, 1.54) is 27.4 Å². The molecule has 1 aliphatic carbocycles. The molecule has 2 fully saturated rings. The summed E-state index contributed by atoms with van der Waals surface area (Å²) in [5, 5.41) is 3.15. The molecular weight excluding hydrogens is 462 g/mol. The number of piperidine rings is 1. The van der Waals surface area contributed by atoms with Crippen molar-refractivity contribution in [2.75, 3.05) is 20.1 Å². The van der Waals surface area contributed by atoms with Gasteiger partial charge < -0.3 is 10.2 Å². The summed E-state index contributed by atoms with van der Waals surface area (Å²) >= 11 is 6.28. The predicted octanol–water partition coefficient (Wildman–Crippen LogP) is 3.68. The second kappa shape index (κ2) is 9.83. The highest BCUT2D eigenvalue weighted by atomic mass is 35.5. The van der Waals surface area contributed by atoms with E-state index in [0.29, 0.717) is 31.2 Å². The first kappa shape index (κ1) is 23.7. The number of hydrogen-bond acceptors (Lipinski definition) is 4. The Hall–Kier alpha value is -2.42. The molecule has 2 amide bonds. The van der Waals surface area contributed by atoms with Crippen molar-refractivity contribution in [3.05, 3.63) is 64.2 Å². The molecule has 2 aromatic carbocycles. The van der Waals surface area contributed by atoms with Gasteiger partial charge in [0.05, 0.1) is 15.5 Å². The van der Waals surface area contributed by atoms with Gasteiger partial charge in [-0.05, 0) is 61.6 Å². The van der Waals surface area contributed by atoms with Gasteiger partial charge in [-0.1, -0.05) is 30.2 Å². The number of amides is 2. The molecule has 0 atom stereocenters. The molecule has 0 spiro atoms. The van der Waals surface area contributed by atoms with Crippen LogP contribution in [-0.2, 0) is 16.6 Å². The number of benzene rings is 2. The largest absolute Gasteiger partial charge is 0.349 e. The molecule has 33 heavy (non-hydrogen) atoms. The van der Waals surface area contributed by atoms with Gasteiger partial charge in [0, 0.05) is 38.3 Å². The molecule has 1 saturated heterocycles. The average molecular weight is 490 g/mol. The maximum absolute atomic E-state index is 13.1. The topological polar surface area (TPSA) is 86.8 Å². The third-order valence-corrected chi connectivity index (χ3v) is 8.24. The van der Waals surface area contributed by atoms with Crippen LogP contribution in [0.1, 0.15) is 58.4 Å². The van der Waals surface area contributed by atoms with Gasteiger partial charge in [0.15, 0.2) is 0 Å². The first-order chi connectivity index (χ1) is 15.8. The number of rotatable bonds is 7. The highest BCUT2D eigenvalue weighted by Crippen LogP contribution is 2.26. The smallest absolute Gasteiger partial charge is 0.255 e. The fourth-order valence-electron chi connectivity index (χ4n) is 3.89. The summed E-state index contributed by atoms with van der Waals surface area (Å²) in [7, 11) is -2.03. The maximum atomic E-state index is 13.1. The van der Waals surface area contributed by atoms with Crippen LogP contribution < -0.4 is 5.32 Å². The lowest BCUT2D eigenvalue weighted by Gasteiger charge is -2.26. The summed E-state index contributed by atoms with van der Waals surface area (Å²) in [4.78, 5) is 26.8. The number of carbonyl (C=O) groups excluding carboxylic acids is 2. The van der Waals surface area contributed by atoms with Crippen molar-refractivity contribution in [3.8, 4) is 0 Å². The zero-order valence-corrected chi connectivity index (χ0v) is 20.2. The second-order valence-electron chi connectivity index (χ2n) is 8.71. The standard InChI is InChI=1S/C24H28ClN3O4S/c1-27(16-17-5-7-18(8-6-17)23(29)26-19-9-10-19)24(30)21-15-20(11-12-22(21)25)33(31,32)28-13-3-2-4-14-28/h5-8,11-12,15,19H,2-4,9-10,13-14,16H2,1H3,(H,26,29). The minimum atomic E-state index is -3.67. The first-order valence-corrected chi connectivity index (χ1v) is 13.0. The summed E-state index contributed by atoms with van der Waals surface area (Å²) < 4.78 is 27.5. The Balaban J connectivity index is 1.46. The number of nitrogens with one attached hydrogen (secondary N) is 1. The fourth-order valence-corrected chi connectivity index (χ4v) is 5.63. The Labute approximate surface area is 199 Å². The molecule has 1 heterocycles. The Kier molecular flexibility index (Phi) is 7.07. The van der Waals surface area contributed by atoms with Crippen molar-refractivity contribution in [2.45, 2.75) is 49.6 Å². The van der Waals surface area contributed by atoms with E-state index < -0.39 is 10.0 Å². The summed E-state index contributed by atoms with van der Waals surface area (Å²) in [6.45, 7) is 1.27. The van der Waals surface area contributed by atoms with Crippen LogP contribution in [0.15, 0.2) is 47.4 Å². The normalized spacial score (nSPS) is 16.9. The molecule has 0 radical (unpaired) electrons. The summed E-state index contributed by atoms with van der Waals surface area (Å²) in [6.07, 6.45) is 4.75. The monoisotopic (exact) mass is 489 g/mol. The lowest BCUT2D eigenvalue weighted by atomic mass is 10.1. The molecule has 1 aliphatic heterocycles. The van der Waals surface area contributed by atoms with Crippen molar-refractivity contribution in [2.24, 2.45) is 0 Å². The van der Waals surface area contributed by atoms with Crippen molar-refractivity contribution in [1.29, 1.82) is 0 Å². The van der Waals surface area contributed by atoms with Crippen LogP contribution in [0, 0.1) is 0 Å². The van der Waals surface area contributed by atoms with E-state index in [1.807, 2.05) is 12.1 Å². The third kappa shape index (κ3) is 5.57. The van der Waals surface area contributed by atoms with Crippen LogP contribution in [0.2, 0.25) is 5.02 Å². The van der Waals surface area contributed by atoms with Gasteiger partial charge in [-0.2, -0.15) is 4.31 Å². The molecule has 0 unspecified atom stereocenters. The van der Waals surface area contributed by atoms with Crippen LogP contribution >= 0.6 is 11.6 Å². The highest BCUT2D eigenvalue weighted by molar-refractivity contribution is 7.89. The third-order valence-electron chi connectivity index (χ3n) is 6.02. The number of carbonyl (C=O) groups is 2. The molecule has 7 nitrogen and oxygen atoms in total. The van der Waals surface area contributed by atoms with Gasteiger partial charge in [-0.3, -0.25) is 9.59 Å². The maximum Gasteiger partial charge on any atom is 0.255 e. The van der Waals surface area contributed by atoms with E-state index in [9.17, 15) is 18.0 Å². The van der Waals surface area contributed by atoms with Gasteiger partial charge in [0.25, 0.3) is 11.8 Å². The Morgan fingerprint density at radius 1 is 1.06 bits per heavy atom. The number of halogens is 1. The molecule has 1 saturated carbocycles. The van der Waals surface area contributed by atoms with Crippen molar-refractivity contribution in [1.82, 2.24) is 14.5 Å². The Bertz CT molecular complexity index is 1140. The van der Waals surface area contributed by atoms with Crippen LogP contribution in [-0.4, -0.2) is 55.6 Å². The quantitative estimate of drug-likeness (QED) is 0.642. The zero-order valence-electron chi connectivity index (χ0n) is 18.6. The number of nitrogens with zero attached hydrogens (tertiary/aromatic N) is 2. The van der Waals surface area contributed by atoms with E-state index in [-0.39, 0.29) is 27.3 Å². The van der Waals surface area contributed by atoms with E-state index in [0.717, 1.165) is 37.7 Å². The molecule has 2 aromatic rings. The second-order valence-corrected chi connectivity index (χ2v) is 11.1. The van der Waals surface area contributed by atoms with Gasteiger partial charge in [-0.25, -0.2) is 8.42 Å². The molecular formula is C24H28ClN3O4S. The molecule has 9 heteroatoms. The first-order valence-electron chi connectivity index (χ1n) is 11.2. The van der Waals surface area contributed by atoms with Gasteiger partial charge in [0.2, 0.25) is 10.0 Å². The predicted molar refractivity (Wildman–Crippen MR) is 127 cm³/mol. The summed E-state index contributed by atoms with van der Waals surface area (Å²) in [5.41, 5.74) is 1.58. The lowest BCUT2D eigenvalue weighted by Crippen LogP contribution is -2.35. The van der Waals surface area contributed by atoms with Crippen LogP contribution in [0.4, 0.5) is 0 Å². The Morgan fingerprint density at radius 2 is 1.73 bits per heavy atom. The van der Waals surface area contributed by atoms with Crippen LogP contribution in [0.25, 0.3) is 0 Å². The van der Waals surface area contributed by atoms with E-state index >= 15 is 0 Å². The van der Waals surface area contributed by atoms with Gasteiger partial charge in [-0.15, -0.1) is 0 Å². The number of hydrogen-bond donors (Lipinski definition) is 1. The van der Waals surface area contributed by atoms with E-state index in [2.05, 4.69) is 5.32 Å². The van der Waals surface area contributed by atoms with Crippen LogP contribution in [0.3, 0.4) is 0 Å². The molecule has 1 N–H and O–H groups in total. The molecule has 176 valence electrons. The lowest BCUT2D eigenvalue weighted by molar-refractivity contribution is 0.0784. The van der Waals surface area contributed by atoms with E-state index in [1.54, 1.807) is 19.2 Å². The SMILES string of the molecule is CN(Cc1ccc(C(=O)NC2CC2)cc1)C(=O)c1cc(S(=O)(=O)N2CCCCC2)ccc1Cl. The molecule has 0 aromatic heterocycles. The highest BCUT2D eigenvalue weighted by Gasteiger charge is 2.28. The zero-order chi connectivity index (χ0) is 23.6. The molecule has 2 aliphatic rings. The minimum absolute atomic E-state index is 0.0802. The van der Waals surface area contributed by atoms with E-state index in [4.69, 9.17) is 11.6 Å². The van der Waals surface area contributed by atoms with Gasteiger partial charge >= 0.3 is 0 Å². The summed E-state index contributed by atoms with van der Waals surface area (Å²) in [5.74, 6) is -0.460.